The molecule has 1 amide bonds. The Morgan fingerprint density at radius 1 is 1.14 bits per heavy atom. The Morgan fingerprint density at radius 2 is 1.89 bits per heavy atom. The van der Waals surface area contributed by atoms with Gasteiger partial charge in [0, 0.05) is 17.1 Å². The fourth-order valence-corrected chi connectivity index (χ4v) is 3.45. The zero-order valence-corrected chi connectivity index (χ0v) is 16.6. The lowest BCUT2D eigenvalue weighted by Gasteiger charge is -2.10. The van der Waals surface area contributed by atoms with Crippen molar-refractivity contribution in [1.29, 1.82) is 5.26 Å². The van der Waals surface area contributed by atoms with Gasteiger partial charge in [-0.2, -0.15) is 5.26 Å². The zero-order chi connectivity index (χ0) is 19.8. The van der Waals surface area contributed by atoms with Crippen LogP contribution in [0.25, 0.3) is 11.4 Å². The number of amides is 1. The average Bonchev–Trinajstić information content (AvgIpc) is 3.10. The Morgan fingerprint density at radius 3 is 2.61 bits per heavy atom. The van der Waals surface area contributed by atoms with Crippen LogP contribution in [0.5, 0.6) is 0 Å². The summed E-state index contributed by atoms with van der Waals surface area (Å²) in [5.41, 5.74) is 2.01. The minimum atomic E-state index is -0.137. The fraction of sp³-hybridized carbons (Fsp3) is 0.200. The number of carbonyl (C=O) groups excluding carboxylic acids is 1. The highest BCUT2D eigenvalue weighted by molar-refractivity contribution is 7.99. The van der Waals surface area contributed by atoms with E-state index < -0.39 is 0 Å². The number of nitrogens with one attached hydrogen (secondary N) is 1. The maximum atomic E-state index is 12.0. The molecule has 1 heterocycles. The monoisotopic (exact) mass is 411 g/mol. The normalized spacial score (nSPS) is 10.4. The van der Waals surface area contributed by atoms with E-state index in [1.807, 2.05) is 65.2 Å². The average molecular weight is 412 g/mol. The van der Waals surface area contributed by atoms with Crippen LogP contribution < -0.4 is 5.32 Å². The molecule has 0 unspecified atom stereocenters. The first-order chi connectivity index (χ1) is 13.7. The summed E-state index contributed by atoms with van der Waals surface area (Å²) >= 11 is 7.32. The van der Waals surface area contributed by atoms with E-state index in [0.29, 0.717) is 35.5 Å². The molecule has 0 fully saturated rings. The van der Waals surface area contributed by atoms with E-state index >= 15 is 0 Å². The lowest BCUT2D eigenvalue weighted by molar-refractivity contribution is -0.118. The first kappa shape index (κ1) is 19.9. The predicted molar refractivity (Wildman–Crippen MR) is 110 cm³/mol. The Kier molecular flexibility index (Phi) is 7.06. The smallest absolute Gasteiger partial charge is 0.230 e. The third-order valence-corrected chi connectivity index (χ3v) is 5.11. The molecule has 0 atom stereocenters. The molecule has 0 spiro atoms. The third-order valence-electron chi connectivity index (χ3n) is 3.89. The van der Waals surface area contributed by atoms with Crippen molar-refractivity contribution in [3.63, 3.8) is 0 Å². The van der Waals surface area contributed by atoms with Crippen molar-refractivity contribution in [3.05, 3.63) is 65.2 Å². The SMILES string of the molecule is N#CCCNC(=O)CSc1nnc(-c2ccc(Cl)cc2)n1Cc1ccccc1. The molecule has 3 aromatic rings. The molecular formula is C20H18ClN5OS. The largest absolute Gasteiger partial charge is 0.354 e. The number of benzene rings is 2. The summed E-state index contributed by atoms with van der Waals surface area (Å²) in [5, 5.41) is 21.2. The Hall–Kier alpha value is -2.82. The minimum Gasteiger partial charge on any atom is -0.354 e. The van der Waals surface area contributed by atoms with E-state index in [1.165, 1.54) is 11.8 Å². The second-order valence-electron chi connectivity index (χ2n) is 5.93. The van der Waals surface area contributed by atoms with E-state index in [4.69, 9.17) is 16.9 Å². The second-order valence-corrected chi connectivity index (χ2v) is 7.31. The van der Waals surface area contributed by atoms with Gasteiger partial charge in [-0.3, -0.25) is 9.36 Å². The van der Waals surface area contributed by atoms with Crippen LogP contribution in [0, 0.1) is 11.3 Å². The highest BCUT2D eigenvalue weighted by atomic mass is 35.5. The van der Waals surface area contributed by atoms with Crippen LogP contribution >= 0.6 is 23.4 Å². The van der Waals surface area contributed by atoms with Gasteiger partial charge in [0.2, 0.25) is 5.91 Å². The van der Waals surface area contributed by atoms with Crippen LogP contribution in [0.15, 0.2) is 59.8 Å². The molecule has 2 aromatic carbocycles. The molecule has 6 nitrogen and oxygen atoms in total. The molecule has 142 valence electrons. The van der Waals surface area contributed by atoms with Crippen molar-refractivity contribution >= 4 is 29.3 Å². The van der Waals surface area contributed by atoms with Crippen LogP contribution in [-0.2, 0) is 11.3 Å². The number of aromatic nitrogens is 3. The Labute approximate surface area is 172 Å². The van der Waals surface area contributed by atoms with Gasteiger partial charge in [-0.25, -0.2) is 0 Å². The molecule has 0 radical (unpaired) electrons. The molecule has 8 heteroatoms. The van der Waals surface area contributed by atoms with Crippen LogP contribution in [0.2, 0.25) is 5.02 Å². The number of carbonyl (C=O) groups is 1. The minimum absolute atomic E-state index is 0.137. The van der Waals surface area contributed by atoms with Gasteiger partial charge in [-0.15, -0.1) is 10.2 Å². The number of hydrogen-bond donors (Lipinski definition) is 1. The van der Waals surface area contributed by atoms with Crippen molar-refractivity contribution in [2.24, 2.45) is 0 Å². The second kappa shape index (κ2) is 9.93. The van der Waals surface area contributed by atoms with Gasteiger partial charge in [0.15, 0.2) is 11.0 Å². The van der Waals surface area contributed by atoms with Crippen LogP contribution in [-0.4, -0.2) is 33.0 Å². The first-order valence-electron chi connectivity index (χ1n) is 8.67. The van der Waals surface area contributed by atoms with Crippen molar-refractivity contribution in [2.45, 2.75) is 18.1 Å². The Bertz CT molecular complexity index is 967. The molecule has 0 bridgehead atoms. The first-order valence-corrected chi connectivity index (χ1v) is 10.0. The van der Waals surface area contributed by atoms with E-state index in [0.717, 1.165) is 11.1 Å². The molecule has 1 N–H and O–H groups in total. The van der Waals surface area contributed by atoms with Crippen molar-refractivity contribution < 1.29 is 4.79 Å². The number of halogens is 1. The summed E-state index contributed by atoms with van der Waals surface area (Å²) in [7, 11) is 0. The quantitative estimate of drug-likeness (QED) is 0.450. The summed E-state index contributed by atoms with van der Waals surface area (Å²) in [6.45, 7) is 0.937. The summed E-state index contributed by atoms with van der Waals surface area (Å²) in [6.07, 6.45) is 0.293. The van der Waals surface area contributed by atoms with Crippen LogP contribution in [0.4, 0.5) is 0 Å². The summed E-state index contributed by atoms with van der Waals surface area (Å²) in [5.74, 6) is 0.786. The highest BCUT2D eigenvalue weighted by Crippen LogP contribution is 2.26. The standard InChI is InChI=1S/C20H18ClN5OS/c21-17-9-7-16(8-10-17)19-24-25-20(28-14-18(27)23-12-4-11-22)26(19)13-15-5-2-1-3-6-15/h1-3,5-10H,4,12-14H2,(H,23,27). The maximum absolute atomic E-state index is 12.0. The number of nitrogens with zero attached hydrogens (tertiary/aromatic N) is 4. The Balaban J connectivity index is 1.82. The number of thioether (sulfide) groups is 1. The lowest BCUT2D eigenvalue weighted by atomic mass is 10.2. The summed E-state index contributed by atoms with van der Waals surface area (Å²) in [4.78, 5) is 12.0. The van der Waals surface area contributed by atoms with Gasteiger partial charge in [0.05, 0.1) is 24.8 Å². The number of nitriles is 1. The van der Waals surface area contributed by atoms with E-state index in [2.05, 4.69) is 15.5 Å². The molecule has 0 aliphatic rings. The van der Waals surface area contributed by atoms with E-state index in [9.17, 15) is 4.79 Å². The fourth-order valence-electron chi connectivity index (χ4n) is 2.56. The van der Waals surface area contributed by atoms with E-state index in [-0.39, 0.29) is 11.7 Å². The third kappa shape index (κ3) is 5.35. The topological polar surface area (TPSA) is 83.6 Å². The van der Waals surface area contributed by atoms with Gasteiger partial charge in [0.1, 0.15) is 0 Å². The van der Waals surface area contributed by atoms with Gasteiger partial charge in [0.25, 0.3) is 0 Å². The predicted octanol–water partition coefficient (Wildman–Crippen LogP) is 3.77. The maximum Gasteiger partial charge on any atom is 0.230 e. The zero-order valence-electron chi connectivity index (χ0n) is 15.0. The van der Waals surface area contributed by atoms with Crippen molar-refractivity contribution in [3.8, 4) is 17.5 Å². The van der Waals surface area contributed by atoms with E-state index in [1.54, 1.807) is 0 Å². The van der Waals surface area contributed by atoms with Gasteiger partial charge in [-0.05, 0) is 29.8 Å². The molecular weight excluding hydrogens is 394 g/mol. The summed E-state index contributed by atoms with van der Waals surface area (Å²) in [6, 6.07) is 19.4. The van der Waals surface area contributed by atoms with Gasteiger partial charge < -0.3 is 5.32 Å². The van der Waals surface area contributed by atoms with Crippen LogP contribution in [0.1, 0.15) is 12.0 Å². The molecule has 0 saturated carbocycles. The molecule has 28 heavy (non-hydrogen) atoms. The molecule has 3 rings (SSSR count). The molecule has 1 aromatic heterocycles. The summed E-state index contributed by atoms with van der Waals surface area (Å²) < 4.78 is 1.99. The lowest BCUT2D eigenvalue weighted by Crippen LogP contribution is -2.26. The van der Waals surface area contributed by atoms with Crippen molar-refractivity contribution in [2.75, 3.05) is 12.3 Å². The molecule has 0 aliphatic heterocycles. The number of rotatable bonds is 8. The number of hydrogen-bond acceptors (Lipinski definition) is 5. The van der Waals surface area contributed by atoms with Crippen LogP contribution in [0.3, 0.4) is 0 Å². The highest BCUT2D eigenvalue weighted by Gasteiger charge is 2.16. The molecule has 0 aliphatic carbocycles. The van der Waals surface area contributed by atoms with Gasteiger partial charge >= 0.3 is 0 Å². The van der Waals surface area contributed by atoms with Crippen molar-refractivity contribution in [1.82, 2.24) is 20.1 Å². The van der Waals surface area contributed by atoms with Gasteiger partial charge in [-0.1, -0.05) is 53.7 Å². The molecule has 0 saturated heterocycles.